The minimum Gasteiger partial charge on any atom is -0.355 e. The van der Waals surface area contributed by atoms with Crippen molar-refractivity contribution in [3.8, 4) is 0 Å². The van der Waals surface area contributed by atoms with Crippen LogP contribution in [-0.2, 0) is 6.42 Å². The summed E-state index contributed by atoms with van der Waals surface area (Å²) in [6.07, 6.45) is 3.13. The average Bonchev–Trinajstić information content (AvgIpc) is 2.73. The second-order valence-electron chi connectivity index (χ2n) is 3.61. The van der Waals surface area contributed by atoms with Gasteiger partial charge >= 0.3 is 0 Å². The summed E-state index contributed by atoms with van der Waals surface area (Å²) in [7, 11) is 0. The van der Waals surface area contributed by atoms with Crippen LogP contribution in [0, 0.1) is 0 Å². The monoisotopic (exact) mass is 274 g/mol. The van der Waals surface area contributed by atoms with E-state index in [-0.39, 0.29) is 0 Å². The van der Waals surface area contributed by atoms with Gasteiger partial charge in [-0.05, 0) is 25.0 Å². The van der Waals surface area contributed by atoms with E-state index in [0.29, 0.717) is 5.96 Å². The SMILES string of the molecule is CCCCN=C(NN)NCCc1ccc(Cl)s1. The normalized spacial score (nSPS) is 11.6. The van der Waals surface area contributed by atoms with Crippen molar-refractivity contribution in [2.75, 3.05) is 13.1 Å². The van der Waals surface area contributed by atoms with Crippen molar-refractivity contribution < 1.29 is 0 Å². The number of aliphatic imine (C=N–C) groups is 1. The number of nitrogens with one attached hydrogen (secondary N) is 2. The van der Waals surface area contributed by atoms with Crippen LogP contribution in [0.1, 0.15) is 24.6 Å². The maximum absolute atomic E-state index is 5.86. The molecule has 0 unspecified atom stereocenters. The molecule has 1 aromatic rings. The summed E-state index contributed by atoms with van der Waals surface area (Å²) >= 11 is 7.46. The van der Waals surface area contributed by atoms with Crippen molar-refractivity contribution in [3.05, 3.63) is 21.3 Å². The van der Waals surface area contributed by atoms with Gasteiger partial charge in [-0.15, -0.1) is 11.3 Å². The number of nitrogens with two attached hydrogens (primary N) is 1. The highest BCUT2D eigenvalue weighted by Gasteiger charge is 1.99. The molecule has 0 fully saturated rings. The van der Waals surface area contributed by atoms with E-state index in [0.717, 1.165) is 36.7 Å². The van der Waals surface area contributed by atoms with E-state index in [2.05, 4.69) is 22.7 Å². The molecule has 1 heterocycles. The Labute approximate surface area is 111 Å². The van der Waals surface area contributed by atoms with Crippen LogP contribution >= 0.6 is 22.9 Å². The van der Waals surface area contributed by atoms with Gasteiger partial charge in [0, 0.05) is 18.0 Å². The van der Waals surface area contributed by atoms with Crippen LogP contribution < -0.4 is 16.6 Å². The van der Waals surface area contributed by atoms with Crippen LogP contribution in [0.25, 0.3) is 0 Å². The van der Waals surface area contributed by atoms with Crippen LogP contribution in [0.15, 0.2) is 17.1 Å². The van der Waals surface area contributed by atoms with E-state index in [4.69, 9.17) is 17.4 Å². The molecule has 4 nitrogen and oxygen atoms in total. The summed E-state index contributed by atoms with van der Waals surface area (Å²) in [6.45, 7) is 3.74. The highest BCUT2D eigenvalue weighted by Crippen LogP contribution is 2.21. The largest absolute Gasteiger partial charge is 0.355 e. The number of nitrogens with zero attached hydrogens (tertiary/aromatic N) is 1. The zero-order valence-electron chi connectivity index (χ0n) is 10.0. The number of guanidine groups is 1. The van der Waals surface area contributed by atoms with Gasteiger partial charge in [0.05, 0.1) is 4.34 Å². The van der Waals surface area contributed by atoms with Gasteiger partial charge in [0.1, 0.15) is 0 Å². The molecule has 0 aliphatic rings. The molecule has 0 radical (unpaired) electrons. The van der Waals surface area contributed by atoms with Gasteiger partial charge in [-0.2, -0.15) is 0 Å². The fourth-order valence-corrected chi connectivity index (χ4v) is 2.38. The molecular weight excluding hydrogens is 256 g/mol. The van der Waals surface area contributed by atoms with Gasteiger partial charge in [0.15, 0.2) is 0 Å². The van der Waals surface area contributed by atoms with Crippen LogP contribution in [0.4, 0.5) is 0 Å². The maximum atomic E-state index is 5.86. The molecular formula is C11H19ClN4S. The first-order valence-electron chi connectivity index (χ1n) is 5.75. The van der Waals surface area contributed by atoms with E-state index in [1.807, 2.05) is 12.1 Å². The Hall–Kier alpha value is -0.780. The van der Waals surface area contributed by atoms with Gasteiger partial charge in [0.2, 0.25) is 5.96 Å². The summed E-state index contributed by atoms with van der Waals surface area (Å²) in [5.41, 5.74) is 2.57. The Bertz CT molecular complexity index is 351. The number of unbranched alkanes of at least 4 members (excludes halogenated alkanes) is 1. The molecule has 0 saturated heterocycles. The molecule has 0 aromatic carbocycles. The molecule has 1 rings (SSSR count). The minimum absolute atomic E-state index is 0.654. The van der Waals surface area contributed by atoms with Crippen LogP contribution in [0.3, 0.4) is 0 Å². The fourth-order valence-electron chi connectivity index (χ4n) is 1.29. The van der Waals surface area contributed by atoms with E-state index >= 15 is 0 Å². The number of hydrazine groups is 1. The third-order valence-corrected chi connectivity index (χ3v) is 3.50. The zero-order chi connectivity index (χ0) is 12.5. The topological polar surface area (TPSA) is 62.4 Å². The first-order valence-corrected chi connectivity index (χ1v) is 6.95. The van der Waals surface area contributed by atoms with E-state index in [1.54, 1.807) is 11.3 Å². The summed E-state index contributed by atoms with van der Waals surface area (Å²) in [5.74, 6) is 6.03. The fraction of sp³-hybridized carbons (Fsp3) is 0.545. The first kappa shape index (κ1) is 14.3. The molecule has 1 aromatic heterocycles. The summed E-state index contributed by atoms with van der Waals surface area (Å²) in [4.78, 5) is 5.57. The number of halogens is 1. The molecule has 17 heavy (non-hydrogen) atoms. The zero-order valence-corrected chi connectivity index (χ0v) is 11.6. The van der Waals surface area contributed by atoms with Gasteiger partial charge in [-0.1, -0.05) is 24.9 Å². The predicted molar refractivity (Wildman–Crippen MR) is 75.6 cm³/mol. The Morgan fingerprint density at radius 3 is 2.94 bits per heavy atom. The van der Waals surface area contributed by atoms with E-state index in [1.165, 1.54) is 4.88 Å². The predicted octanol–water partition coefficient (Wildman–Crippen LogP) is 2.15. The van der Waals surface area contributed by atoms with E-state index < -0.39 is 0 Å². The maximum Gasteiger partial charge on any atom is 0.205 e. The van der Waals surface area contributed by atoms with Gasteiger partial charge in [-0.25, -0.2) is 5.84 Å². The summed E-state index contributed by atoms with van der Waals surface area (Å²) < 4.78 is 0.828. The third kappa shape index (κ3) is 5.91. The number of rotatable bonds is 6. The number of hydrogen-bond donors (Lipinski definition) is 3. The molecule has 0 spiro atoms. The smallest absolute Gasteiger partial charge is 0.205 e. The molecule has 96 valence electrons. The van der Waals surface area contributed by atoms with Crippen LogP contribution in [0.2, 0.25) is 4.34 Å². The lowest BCUT2D eigenvalue weighted by molar-refractivity contribution is 0.772. The standard InChI is InChI=1S/C11H19ClN4S/c1-2-3-7-14-11(16-13)15-8-6-9-4-5-10(12)17-9/h4-5H,2-3,6-8,13H2,1H3,(H2,14,15,16). The summed E-state index contributed by atoms with van der Waals surface area (Å²) in [5, 5.41) is 3.16. The van der Waals surface area contributed by atoms with Crippen molar-refractivity contribution >= 4 is 28.9 Å². The molecule has 0 amide bonds. The molecule has 0 aliphatic heterocycles. The molecule has 0 atom stereocenters. The van der Waals surface area contributed by atoms with Crippen molar-refractivity contribution in [1.29, 1.82) is 0 Å². The Kier molecular flexibility index (Phi) is 7.00. The molecule has 0 aliphatic carbocycles. The lowest BCUT2D eigenvalue weighted by atomic mass is 10.3. The van der Waals surface area contributed by atoms with Gasteiger partial charge in [0.25, 0.3) is 0 Å². The third-order valence-electron chi connectivity index (χ3n) is 2.21. The first-order chi connectivity index (χ1) is 8.26. The average molecular weight is 275 g/mol. The van der Waals surface area contributed by atoms with Crippen LogP contribution in [-0.4, -0.2) is 19.0 Å². The Morgan fingerprint density at radius 2 is 2.35 bits per heavy atom. The molecule has 6 heteroatoms. The highest BCUT2D eigenvalue weighted by atomic mass is 35.5. The second kappa shape index (κ2) is 8.33. The molecule has 0 bridgehead atoms. The lowest BCUT2D eigenvalue weighted by Crippen LogP contribution is -2.42. The Balaban J connectivity index is 2.25. The molecule has 4 N–H and O–H groups in total. The van der Waals surface area contributed by atoms with Crippen molar-refractivity contribution in [2.45, 2.75) is 26.2 Å². The minimum atomic E-state index is 0.654. The quantitative estimate of drug-likeness (QED) is 0.245. The highest BCUT2D eigenvalue weighted by molar-refractivity contribution is 7.16. The van der Waals surface area contributed by atoms with Crippen molar-refractivity contribution in [3.63, 3.8) is 0 Å². The summed E-state index contributed by atoms with van der Waals surface area (Å²) in [6, 6.07) is 3.96. The van der Waals surface area contributed by atoms with Gasteiger partial charge < -0.3 is 5.32 Å². The van der Waals surface area contributed by atoms with Crippen molar-refractivity contribution in [1.82, 2.24) is 10.7 Å². The van der Waals surface area contributed by atoms with Gasteiger partial charge in [-0.3, -0.25) is 10.4 Å². The molecule has 0 saturated carbocycles. The Morgan fingerprint density at radius 1 is 1.53 bits per heavy atom. The second-order valence-corrected chi connectivity index (χ2v) is 5.41. The number of thiophene rings is 1. The van der Waals surface area contributed by atoms with Crippen LogP contribution in [0.5, 0.6) is 0 Å². The van der Waals surface area contributed by atoms with E-state index in [9.17, 15) is 0 Å². The van der Waals surface area contributed by atoms with Crippen molar-refractivity contribution in [2.24, 2.45) is 10.8 Å². The number of hydrogen-bond acceptors (Lipinski definition) is 3. The lowest BCUT2D eigenvalue weighted by Gasteiger charge is -2.08.